The Morgan fingerprint density at radius 1 is 0.953 bits per heavy atom. The van der Waals surface area contributed by atoms with Crippen molar-refractivity contribution in [2.24, 2.45) is 0 Å². The van der Waals surface area contributed by atoms with Crippen LogP contribution in [0, 0.1) is 5.82 Å². The van der Waals surface area contributed by atoms with Gasteiger partial charge in [0.2, 0.25) is 0 Å². The fourth-order valence-electron chi connectivity index (χ4n) is 6.10. The number of ether oxygens (including phenoxy) is 1. The van der Waals surface area contributed by atoms with Gasteiger partial charge in [-0.3, -0.25) is 4.98 Å². The molecule has 224 valence electrons. The predicted octanol–water partition coefficient (Wildman–Crippen LogP) is 8.92. The third-order valence-electron chi connectivity index (χ3n) is 7.90. The first-order chi connectivity index (χ1) is 20.2. The zero-order valence-electron chi connectivity index (χ0n) is 26.1. The number of aliphatic carboxylic acids is 1. The van der Waals surface area contributed by atoms with Gasteiger partial charge in [-0.15, -0.1) is 0 Å². The van der Waals surface area contributed by atoms with E-state index in [-0.39, 0.29) is 17.2 Å². The van der Waals surface area contributed by atoms with Crippen LogP contribution in [0.5, 0.6) is 0 Å². The van der Waals surface area contributed by atoms with Crippen molar-refractivity contribution < 1.29 is 19.0 Å². The van der Waals surface area contributed by atoms with Gasteiger partial charge in [0, 0.05) is 35.3 Å². The summed E-state index contributed by atoms with van der Waals surface area (Å²) < 4.78 is 20.5. The molecule has 0 fully saturated rings. The normalized spacial score (nSPS) is 15.3. The minimum absolute atomic E-state index is 0.0682. The summed E-state index contributed by atoms with van der Waals surface area (Å²) in [4.78, 5) is 20.5. The molecule has 0 saturated carbocycles. The molecule has 0 spiro atoms. The SMILES string of the molecule is CC(C)c1nc2c(c(-c3ccc(F)cc3)c1C(OC(C)(C)C)C(=O)O)CN(c1cccc(-c3ccccc3)c1)CC2(C)C. The number of rotatable bonds is 7. The lowest BCUT2D eigenvalue weighted by molar-refractivity contribution is -0.160. The topological polar surface area (TPSA) is 62.7 Å². The number of nitrogens with zero attached hydrogens (tertiary/aromatic N) is 2. The van der Waals surface area contributed by atoms with Crippen molar-refractivity contribution in [2.75, 3.05) is 11.4 Å². The van der Waals surface area contributed by atoms with E-state index < -0.39 is 17.7 Å². The van der Waals surface area contributed by atoms with Crippen LogP contribution in [0.15, 0.2) is 78.9 Å². The van der Waals surface area contributed by atoms with Gasteiger partial charge in [0.05, 0.1) is 17.0 Å². The zero-order valence-corrected chi connectivity index (χ0v) is 26.1. The molecule has 0 radical (unpaired) electrons. The molecule has 1 aliphatic rings. The monoisotopic (exact) mass is 580 g/mol. The molecule has 1 aromatic heterocycles. The van der Waals surface area contributed by atoms with Gasteiger partial charge in [-0.25, -0.2) is 9.18 Å². The minimum Gasteiger partial charge on any atom is -0.479 e. The lowest BCUT2D eigenvalue weighted by Crippen LogP contribution is -2.44. The molecule has 1 aliphatic heterocycles. The van der Waals surface area contributed by atoms with Crippen molar-refractivity contribution >= 4 is 11.7 Å². The Hall–Kier alpha value is -4.03. The average Bonchev–Trinajstić information content (AvgIpc) is 2.95. The van der Waals surface area contributed by atoms with Crippen molar-refractivity contribution in [3.63, 3.8) is 0 Å². The molecule has 0 bridgehead atoms. The molecular weight excluding hydrogens is 539 g/mol. The van der Waals surface area contributed by atoms with Crippen molar-refractivity contribution in [2.45, 2.75) is 78.0 Å². The van der Waals surface area contributed by atoms with E-state index >= 15 is 0 Å². The van der Waals surface area contributed by atoms with Gasteiger partial charge < -0.3 is 14.7 Å². The maximum absolute atomic E-state index is 14.2. The summed E-state index contributed by atoms with van der Waals surface area (Å²) in [6.45, 7) is 15.2. The molecule has 0 amide bonds. The van der Waals surface area contributed by atoms with Crippen LogP contribution in [-0.4, -0.2) is 28.2 Å². The fraction of sp³-hybridized carbons (Fsp3) is 0.351. The van der Waals surface area contributed by atoms with Gasteiger partial charge in [0.1, 0.15) is 5.82 Å². The van der Waals surface area contributed by atoms with Gasteiger partial charge in [0.15, 0.2) is 6.10 Å². The first-order valence-corrected chi connectivity index (χ1v) is 14.9. The number of hydrogen-bond donors (Lipinski definition) is 1. The lowest BCUT2D eigenvalue weighted by Gasteiger charge is -2.43. The van der Waals surface area contributed by atoms with E-state index in [0.29, 0.717) is 17.8 Å². The number of fused-ring (bicyclic) bond motifs is 1. The summed E-state index contributed by atoms with van der Waals surface area (Å²) in [6, 6.07) is 25.1. The number of carbonyl (C=O) groups is 1. The third-order valence-corrected chi connectivity index (χ3v) is 7.90. The van der Waals surface area contributed by atoms with E-state index in [9.17, 15) is 14.3 Å². The van der Waals surface area contributed by atoms with Crippen molar-refractivity contribution in [3.05, 3.63) is 107 Å². The summed E-state index contributed by atoms with van der Waals surface area (Å²) in [5.74, 6) is -1.50. The Morgan fingerprint density at radius 3 is 2.21 bits per heavy atom. The second-order valence-electron chi connectivity index (χ2n) is 13.4. The standard InChI is InChI=1S/C37H41FN2O3/c1-23(2)32-31(33(35(41)42)43-36(3,4)5)30(25-16-18-27(38)19-17-25)29-21-40(22-37(6,7)34(29)39-32)28-15-11-14-26(20-28)24-12-9-8-10-13-24/h8-20,23,33H,21-22H2,1-7H3,(H,41,42). The highest BCUT2D eigenvalue weighted by Gasteiger charge is 2.40. The van der Waals surface area contributed by atoms with E-state index in [1.54, 1.807) is 12.1 Å². The van der Waals surface area contributed by atoms with E-state index in [0.717, 1.165) is 45.7 Å². The number of aromatic nitrogens is 1. The number of carboxylic acids is 1. The molecule has 6 heteroatoms. The molecule has 4 aromatic rings. The number of hydrogen-bond acceptors (Lipinski definition) is 4. The highest BCUT2D eigenvalue weighted by atomic mass is 19.1. The summed E-state index contributed by atoms with van der Waals surface area (Å²) in [7, 11) is 0. The average molecular weight is 581 g/mol. The molecule has 0 aliphatic carbocycles. The summed E-state index contributed by atoms with van der Waals surface area (Å²) in [6.07, 6.45) is -1.25. The second kappa shape index (κ2) is 11.6. The minimum atomic E-state index is -1.25. The number of anilines is 1. The van der Waals surface area contributed by atoms with Crippen LogP contribution in [0.1, 0.15) is 83.0 Å². The fourth-order valence-corrected chi connectivity index (χ4v) is 6.10. The molecule has 0 saturated heterocycles. The molecule has 43 heavy (non-hydrogen) atoms. The number of pyridine rings is 1. The highest BCUT2D eigenvalue weighted by Crippen LogP contribution is 2.46. The first-order valence-electron chi connectivity index (χ1n) is 14.9. The van der Waals surface area contributed by atoms with E-state index in [2.05, 4.69) is 55.1 Å². The van der Waals surface area contributed by atoms with Crippen molar-refractivity contribution in [1.82, 2.24) is 4.98 Å². The van der Waals surface area contributed by atoms with E-state index in [1.807, 2.05) is 52.8 Å². The Kier molecular flexibility index (Phi) is 8.19. The maximum Gasteiger partial charge on any atom is 0.337 e. The zero-order chi connectivity index (χ0) is 31.1. The molecule has 1 atom stereocenters. The van der Waals surface area contributed by atoms with Crippen LogP contribution in [-0.2, 0) is 21.5 Å². The number of halogens is 1. The number of benzene rings is 3. The van der Waals surface area contributed by atoms with Gasteiger partial charge in [-0.2, -0.15) is 0 Å². The summed E-state index contributed by atoms with van der Waals surface area (Å²) in [5, 5.41) is 10.6. The molecule has 5 rings (SSSR count). The second-order valence-corrected chi connectivity index (χ2v) is 13.4. The van der Waals surface area contributed by atoms with Crippen molar-refractivity contribution in [3.8, 4) is 22.3 Å². The molecular formula is C37H41FN2O3. The van der Waals surface area contributed by atoms with Gasteiger partial charge in [-0.05, 0) is 73.2 Å². The van der Waals surface area contributed by atoms with Crippen molar-refractivity contribution in [1.29, 1.82) is 0 Å². The van der Waals surface area contributed by atoms with Crippen LogP contribution in [0.4, 0.5) is 10.1 Å². The van der Waals surface area contributed by atoms with Crippen LogP contribution < -0.4 is 4.90 Å². The smallest absolute Gasteiger partial charge is 0.337 e. The van der Waals surface area contributed by atoms with E-state index in [1.165, 1.54) is 12.1 Å². The summed E-state index contributed by atoms with van der Waals surface area (Å²) >= 11 is 0. The van der Waals surface area contributed by atoms with Gasteiger partial charge in [-0.1, -0.05) is 82.3 Å². The van der Waals surface area contributed by atoms with Gasteiger partial charge in [0.25, 0.3) is 0 Å². The Morgan fingerprint density at radius 2 is 1.60 bits per heavy atom. The highest BCUT2D eigenvalue weighted by molar-refractivity contribution is 5.83. The first kappa shape index (κ1) is 30.4. The van der Waals surface area contributed by atoms with Gasteiger partial charge >= 0.3 is 5.97 Å². The molecule has 1 N–H and O–H groups in total. The van der Waals surface area contributed by atoms with Crippen LogP contribution in [0.3, 0.4) is 0 Å². The maximum atomic E-state index is 14.2. The third kappa shape index (κ3) is 6.35. The molecule has 5 nitrogen and oxygen atoms in total. The Labute approximate surface area is 254 Å². The summed E-state index contributed by atoms with van der Waals surface area (Å²) in [5.41, 5.74) is 6.87. The Balaban J connectivity index is 1.77. The number of carboxylic acid groups (broad SMARTS) is 1. The largest absolute Gasteiger partial charge is 0.479 e. The Bertz CT molecular complexity index is 1620. The predicted molar refractivity (Wildman–Crippen MR) is 171 cm³/mol. The molecule has 3 aromatic carbocycles. The van der Waals surface area contributed by atoms with E-state index in [4.69, 9.17) is 9.72 Å². The molecule has 1 unspecified atom stereocenters. The quantitative estimate of drug-likeness (QED) is 0.236. The lowest BCUT2D eigenvalue weighted by atomic mass is 9.76. The van der Waals surface area contributed by atoms with Crippen LogP contribution in [0.2, 0.25) is 0 Å². The van der Waals surface area contributed by atoms with Crippen LogP contribution >= 0.6 is 0 Å². The molecule has 2 heterocycles. The van der Waals surface area contributed by atoms with Crippen LogP contribution in [0.25, 0.3) is 22.3 Å².